The number of thiocarbonyl (C=S) groups is 1. The van der Waals surface area contributed by atoms with E-state index in [0.29, 0.717) is 5.11 Å². The molecule has 1 aromatic rings. The molecule has 1 fully saturated rings. The number of benzene rings is 1. The largest absolute Gasteiger partial charge is 0.376 e. The van der Waals surface area contributed by atoms with Crippen LogP contribution in [0.4, 0.5) is 5.69 Å². The predicted octanol–water partition coefficient (Wildman–Crippen LogP) is 3.29. The van der Waals surface area contributed by atoms with Crippen molar-refractivity contribution in [3.63, 3.8) is 0 Å². The number of ether oxygens (including phenoxy) is 1. The van der Waals surface area contributed by atoms with Crippen molar-refractivity contribution in [2.45, 2.75) is 45.6 Å². The zero-order valence-corrected chi connectivity index (χ0v) is 16.1. The van der Waals surface area contributed by atoms with Gasteiger partial charge in [-0.25, -0.2) is 0 Å². The average Bonchev–Trinajstić information content (AvgIpc) is 3.14. The summed E-state index contributed by atoms with van der Waals surface area (Å²) in [7, 11) is 0. The summed E-state index contributed by atoms with van der Waals surface area (Å²) in [5.74, 6) is 0. The first-order chi connectivity index (χ1) is 12.2. The van der Waals surface area contributed by atoms with Gasteiger partial charge >= 0.3 is 0 Å². The maximum Gasteiger partial charge on any atom is 0.187 e. The molecule has 1 atom stereocenters. The Hall–Kier alpha value is -1.66. The molecule has 1 aliphatic heterocycles. The van der Waals surface area contributed by atoms with Gasteiger partial charge in [-0.15, -0.1) is 0 Å². The van der Waals surface area contributed by atoms with Gasteiger partial charge in [0.15, 0.2) is 5.11 Å². The predicted molar refractivity (Wildman–Crippen MR) is 110 cm³/mol. The van der Waals surface area contributed by atoms with Gasteiger partial charge in [-0.2, -0.15) is 5.10 Å². The van der Waals surface area contributed by atoms with E-state index >= 15 is 0 Å². The molecule has 25 heavy (non-hydrogen) atoms. The Morgan fingerprint density at radius 2 is 2.00 bits per heavy atom. The fourth-order valence-corrected chi connectivity index (χ4v) is 3.03. The van der Waals surface area contributed by atoms with Crippen molar-refractivity contribution in [1.82, 2.24) is 10.7 Å². The Labute approximate surface area is 156 Å². The summed E-state index contributed by atoms with van der Waals surface area (Å²) >= 11 is 5.22. The molecule has 138 valence electrons. The number of anilines is 1. The van der Waals surface area contributed by atoms with E-state index in [0.717, 1.165) is 57.5 Å². The second-order valence-electron chi connectivity index (χ2n) is 6.29. The van der Waals surface area contributed by atoms with Crippen LogP contribution in [0.2, 0.25) is 0 Å². The fourth-order valence-electron chi connectivity index (χ4n) is 2.90. The minimum atomic E-state index is 0.269. The Bertz CT molecular complexity index is 535. The molecule has 0 aromatic heterocycles. The first-order valence-electron chi connectivity index (χ1n) is 9.26. The fraction of sp³-hybridized carbons (Fsp3) is 0.579. The summed E-state index contributed by atoms with van der Waals surface area (Å²) in [4.78, 5) is 2.42. The maximum atomic E-state index is 5.55. The second-order valence-corrected chi connectivity index (χ2v) is 6.70. The second kappa shape index (κ2) is 11.1. The molecule has 1 aliphatic rings. The van der Waals surface area contributed by atoms with E-state index in [1.165, 1.54) is 5.69 Å². The van der Waals surface area contributed by atoms with Gasteiger partial charge in [-0.1, -0.05) is 26.0 Å². The highest BCUT2D eigenvalue weighted by Crippen LogP contribution is 2.15. The SMILES string of the molecule is CCCN(CCC)c1ccc(/C=N\NC(=S)NC[C@@H]2CCCO2)cc1. The Balaban J connectivity index is 1.77. The first kappa shape index (κ1) is 19.7. The average molecular weight is 363 g/mol. The zero-order valence-electron chi connectivity index (χ0n) is 15.3. The summed E-state index contributed by atoms with van der Waals surface area (Å²) in [6.45, 7) is 8.20. The van der Waals surface area contributed by atoms with Gasteiger partial charge in [0, 0.05) is 31.9 Å². The molecule has 2 N–H and O–H groups in total. The van der Waals surface area contributed by atoms with Gasteiger partial charge in [-0.05, 0) is 55.6 Å². The quantitative estimate of drug-likeness (QED) is 0.401. The van der Waals surface area contributed by atoms with Crippen LogP contribution in [0, 0.1) is 0 Å². The highest BCUT2D eigenvalue weighted by molar-refractivity contribution is 7.80. The molecule has 0 amide bonds. The zero-order chi connectivity index (χ0) is 17.9. The molecule has 0 bridgehead atoms. The Morgan fingerprint density at radius 3 is 2.60 bits per heavy atom. The van der Waals surface area contributed by atoms with Gasteiger partial charge in [-0.3, -0.25) is 5.43 Å². The first-order valence-corrected chi connectivity index (χ1v) is 9.67. The number of hydrogen-bond donors (Lipinski definition) is 2. The van der Waals surface area contributed by atoms with E-state index in [4.69, 9.17) is 17.0 Å². The topological polar surface area (TPSA) is 48.9 Å². The van der Waals surface area contributed by atoms with Crippen LogP contribution in [0.1, 0.15) is 45.1 Å². The maximum absolute atomic E-state index is 5.55. The molecule has 1 heterocycles. The Morgan fingerprint density at radius 1 is 1.28 bits per heavy atom. The van der Waals surface area contributed by atoms with Gasteiger partial charge < -0.3 is 15.0 Å². The van der Waals surface area contributed by atoms with Crippen molar-refractivity contribution < 1.29 is 4.74 Å². The lowest BCUT2D eigenvalue weighted by Crippen LogP contribution is -2.37. The molecule has 0 spiro atoms. The van der Waals surface area contributed by atoms with Crippen molar-refractivity contribution >= 4 is 29.2 Å². The lowest BCUT2D eigenvalue weighted by atomic mass is 10.2. The highest BCUT2D eigenvalue weighted by atomic mass is 32.1. The molecular formula is C19H30N4OS. The van der Waals surface area contributed by atoms with E-state index in [-0.39, 0.29) is 6.10 Å². The smallest absolute Gasteiger partial charge is 0.187 e. The van der Waals surface area contributed by atoms with E-state index in [1.54, 1.807) is 6.21 Å². The van der Waals surface area contributed by atoms with Crippen molar-refractivity contribution in [1.29, 1.82) is 0 Å². The van der Waals surface area contributed by atoms with Crippen molar-refractivity contribution in [2.75, 3.05) is 31.1 Å². The summed E-state index contributed by atoms with van der Waals surface area (Å²) in [6, 6.07) is 8.48. The molecule has 2 rings (SSSR count). The van der Waals surface area contributed by atoms with Crippen LogP contribution in [-0.2, 0) is 4.74 Å². The summed E-state index contributed by atoms with van der Waals surface area (Å²) in [5.41, 5.74) is 5.17. The van der Waals surface area contributed by atoms with E-state index in [1.807, 2.05) is 0 Å². The van der Waals surface area contributed by atoms with Crippen LogP contribution < -0.4 is 15.6 Å². The van der Waals surface area contributed by atoms with Crippen LogP contribution in [0.15, 0.2) is 29.4 Å². The minimum absolute atomic E-state index is 0.269. The molecule has 0 radical (unpaired) electrons. The van der Waals surface area contributed by atoms with Gasteiger partial charge in [0.05, 0.1) is 12.3 Å². The van der Waals surface area contributed by atoms with Crippen molar-refractivity contribution in [2.24, 2.45) is 5.10 Å². The standard InChI is InChI=1S/C19H30N4OS/c1-3-11-23(12-4-2)17-9-7-16(8-10-17)14-21-22-19(25)20-15-18-6-5-13-24-18/h7-10,14,18H,3-6,11-13,15H2,1-2H3,(H2,20,22,25)/b21-14-/t18-/m0/s1. The molecule has 1 aromatic carbocycles. The van der Waals surface area contributed by atoms with Gasteiger partial charge in [0.2, 0.25) is 0 Å². The van der Waals surface area contributed by atoms with Gasteiger partial charge in [0.1, 0.15) is 0 Å². The number of hydrazone groups is 1. The van der Waals surface area contributed by atoms with Crippen LogP contribution in [0.3, 0.4) is 0 Å². The number of hydrogen-bond acceptors (Lipinski definition) is 4. The van der Waals surface area contributed by atoms with Crippen molar-refractivity contribution in [3.05, 3.63) is 29.8 Å². The molecule has 5 nitrogen and oxygen atoms in total. The van der Waals surface area contributed by atoms with E-state index < -0.39 is 0 Å². The van der Waals surface area contributed by atoms with Crippen LogP contribution in [-0.4, -0.2) is 43.7 Å². The van der Waals surface area contributed by atoms with Crippen LogP contribution in [0.5, 0.6) is 0 Å². The van der Waals surface area contributed by atoms with Crippen LogP contribution in [0.25, 0.3) is 0 Å². The molecular weight excluding hydrogens is 332 g/mol. The number of nitrogens with one attached hydrogen (secondary N) is 2. The molecule has 0 unspecified atom stereocenters. The van der Waals surface area contributed by atoms with Gasteiger partial charge in [0.25, 0.3) is 0 Å². The molecule has 0 saturated carbocycles. The molecule has 1 saturated heterocycles. The Kier molecular flexibility index (Phi) is 8.69. The third-order valence-electron chi connectivity index (χ3n) is 4.14. The third kappa shape index (κ3) is 7.00. The number of rotatable bonds is 9. The lowest BCUT2D eigenvalue weighted by molar-refractivity contribution is 0.114. The lowest BCUT2D eigenvalue weighted by Gasteiger charge is -2.23. The summed E-state index contributed by atoms with van der Waals surface area (Å²) < 4.78 is 5.55. The van der Waals surface area contributed by atoms with Crippen LogP contribution >= 0.6 is 12.2 Å². The number of nitrogens with zero attached hydrogens (tertiary/aromatic N) is 2. The molecule has 6 heteroatoms. The summed E-state index contributed by atoms with van der Waals surface area (Å²) in [6.07, 6.45) is 6.60. The minimum Gasteiger partial charge on any atom is -0.376 e. The summed E-state index contributed by atoms with van der Waals surface area (Å²) in [5, 5.41) is 7.87. The highest BCUT2D eigenvalue weighted by Gasteiger charge is 2.14. The van der Waals surface area contributed by atoms with E-state index in [2.05, 4.69) is 58.9 Å². The van der Waals surface area contributed by atoms with E-state index in [9.17, 15) is 0 Å². The third-order valence-corrected chi connectivity index (χ3v) is 4.37. The molecule has 0 aliphatic carbocycles. The monoisotopic (exact) mass is 362 g/mol. The van der Waals surface area contributed by atoms with Crippen molar-refractivity contribution in [3.8, 4) is 0 Å². The normalized spacial score (nSPS) is 17.0.